The number of pyridine rings is 1. The molecule has 0 aliphatic heterocycles. The van der Waals surface area contributed by atoms with Gasteiger partial charge < -0.3 is 14.9 Å². The van der Waals surface area contributed by atoms with Crippen molar-refractivity contribution in [2.75, 3.05) is 6.61 Å². The zero-order valence-corrected chi connectivity index (χ0v) is 24.6. The zero-order valence-electron chi connectivity index (χ0n) is 23.8. The summed E-state index contributed by atoms with van der Waals surface area (Å²) in [6.45, 7) is 10.6. The molecule has 4 fully saturated rings. The molecule has 2 N–H and O–H groups in total. The Hall–Kier alpha value is -1.33. The van der Waals surface area contributed by atoms with E-state index in [0.29, 0.717) is 35.2 Å². The molecule has 10 atom stereocenters. The summed E-state index contributed by atoms with van der Waals surface area (Å²) in [5.74, 6) is 4.73. The van der Waals surface area contributed by atoms with Gasteiger partial charge in [-0.2, -0.15) is 0 Å². The fourth-order valence-corrected chi connectivity index (χ4v) is 10.6. The summed E-state index contributed by atoms with van der Waals surface area (Å²) in [7, 11) is 0. The Morgan fingerprint density at radius 3 is 2.58 bits per heavy atom. The van der Waals surface area contributed by atoms with Crippen LogP contribution in [0.2, 0.25) is 5.02 Å². The fourth-order valence-electron chi connectivity index (χ4n) is 10.3. The van der Waals surface area contributed by atoms with E-state index in [4.69, 9.17) is 21.4 Å². The number of halogens is 1. The molecule has 4 aliphatic rings. The lowest BCUT2D eigenvalue weighted by Gasteiger charge is -2.63. The maximum absolute atomic E-state index is 11.1. The molecular formula is C32H48ClNO4. The van der Waals surface area contributed by atoms with E-state index in [1.807, 2.05) is 0 Å². The van der Waals surface area contributed by atoms with Crippen LogP contribution in [0, 0.1) is 52.3 Å². The minimum atomic E-state index is -1.04. The number of aromatic carboxylic acids is 1. The number of aliphatic hydroxyl groups is 1. The van der Waals surface area contributed by atoms with Gasteiger partial charge in [-0.3, -0.25) is 0 Å². The average molecular weight is 546 g/mol. The number of fused-ring (bicyclic) bond motifs is 5. The molecule has 0 spiro atoms. The average Bonchev–Trinajstić information content (AvgIpc) is 3.24. The van der Waals surface area contributed by atoms with Crippen LogP contribution in [0.5, 0.6) is 5.88 Å². The highest BCUT2D eigenvalue weighted by atomic mass is 35.5. The minimum Gasteiger partial charge on any atom is -0.478 e. The van der Waals surface area contributed by atoms with E-state index in [0.717, 1.165) is 55.3 Å². The largest absolute Gasteiger partial charge is 0.478 e. The fraction of sp³-hybridized carbons (Fsp3) is 0.812. The summed E-state index contributed by atoms with van der Waals surface area (Å²) in [6.07, 6.45) is 14.7. The van der Waals surface area contributed by atoms with E-state index < -0.39 is 5.97 Å². The number of rotatable bonds is 8. The molecule has 5 nitrogen and oxygen atoms in total. The van der Waals surface area contributed by atoms with Gasteiger partial charge in [0, 0.05) is 6.20 Å². The molecule has 4 saturated carbocycles. The molecule has 0 amide bonds. The topological polar surface area (TPSA) is 79.7 Å². The molecule has 6 heteroatoms. The summed E-state index contributed by atoms with van der Waals surface area (Å²) >= 11 is 6.19. The number of nitrogens with zero attached hydrogens (tertiary/aromatic N) is 1. The Balaban J connectivity index is 1.20. The van der Waals surface area contributed by atoms with Crippen LogP contribution >= 0.6 is 11.6 Å². The summed E-state index contributed by atoms with van der Waals surface area (Å²) in [6, 6.07) is 1.40. The van der Waals surface area contributed by atoms with Gasteiger partial charge >= 0.3 is 5.97 Å². The third-order valence-electron chi connectivity index (χ3n) is 12.2. The first-order chi connectivity index (χ1) is 18.1. The molecule has 1 aromatic heterocycles. The molecule has 0 bridgehead atoms. The molecule has 0 saturated heterocycles. The van der Waals surface area contributed by atoms with Gasteiger partial charge in [-0.05, 0) is 123 Å². The van der Waals surface area contributed by atoms with Gasteiger partial charge in [0.25, 0.3) is 0 Å². The lowest BCUT2D eigenvalue weighted by atomic mass is 9.42. The van der Waals surface area contributed by atoms with Crippen LogP contribution < -0.4 is 4.74 Å². The van der Waals surface area contributed by atoms with E-state index in [9.17, 15) is 9.90 Å². The van der Waals surface area contributed by atoms with E-state index in [1.165, 1.54) is 57.2 Å². The molecule has 38 heavy (non-hydrogen) atoms. The number of carboxylic acids is 1. The van der Waals surface area contributed by atoms with Crippen molar-refractivity contribution < 1.29 is 19.7 Å². The van der Waals surface area contributed by atoms with Gasteiger partial charge in [0.05, 0.1) is 18.3 Å². The number of carbonyl (C=O) groups is 1. The molecular weight excluding hydrogens is 498 g/mol. The second-order valence-corrected chi connectivity index (χ2v) is 14.2. The van der Waals surface area contributed by atoms with Gasteiger partial charge in [0.2, 0.25) is 5.88 Å². The quantitative estimate of drug-likeness (QED) is 0.325. The van der Waals surface area contributed by atoms with Crippen molar-refractivity contribution in [1.29, 1.82) is 0 Å². The Morgan fingerprint density at radius 1 is 1.13 bits per heavy atom. The summed E-state index contributed by atoms with van der Waals surface area (Å²) in [4.78, 5) is 15.2. The SMILES string of the molecule is CC[C@H]1C[C@H]2C3CC[C@H]([C@H](C)CCCOc4ncc(C(=O)O)cc4Cl)[C@@]3(C)CC[C@@H]2[C@@]2(C)CC[C@@H](O)C[C@@H]12. The van der Waals surface area contributed by atoms with E-state index >= 15 is 0 Å². The van der Waals surface area contributed by atoms with Crippen molar-refractivity contribution in [2.45, 2.75) is 104 Å². The normalized spacial score (nSPS) is 41.1. The van der Waals surface area contributed by atoms with Crippen LogP contribution in [0.3, 0.4) is 0 Å². The third kappa shape index (κ3) is 4.89. The van der Waals surface area contributed by atoms with Crippen LogP contribution in [0.4, 0.5) is 0 Å². The summed E-state index contributed by atoms with van der Waals surface area (Å²) in [5, 5.41) is 19.9. The van der Waals surface area contributed by atoms with Crippen LogP contribution in [0.15, 0.2) is 12.3 Å². The highest BCUT2D eigenvalue weighted by Crippen LogP contribution is 2.69. The molecule has 212 valence electrons. The van der Waals surface area contributed by atoms with Crippen molar-refractivity contribution in [2.24, 2.45) is 52.3 Å². The molecule has 4 aliphatic carbocycles. The van der Waals surface area contributed by atoms with Crippen molar-refractivity contribution in [3.8, 4) is 5.88 Å². The van der Waals surface area contributed by atoms with Gasteiger partial charge in [-0.15, -0.1) is 0 Å². The number of aromatic nitrogens is 1. The zero-order chi connectivity index (χ0) is 27.2. The molecule has 1 heterocycles. The maximum atomic E-state index is 11.1. The van der Waals surface area contributed by atoms with E-state index in [2.05, 4.69) is 32.7 Å². The van der Waals surface area contributed by atoms with Gasteiger partial charge in [0.1, 0.15) is 5.02 Å². The van der Waals surface area contributed by atoms with Crippen molar-refractivity contribution in [3.05, 3.63) is 22.8 Å². The molecule has 1 aromatic rings. The van der Waals surface area contributed by atoms with E-state index in [-0.39, 0.29) is 16.7 Å². The first-order valence-electron chi connectivity index (χ1n) is 15.3. The van der Waals surface area contributed by atoms with Crippen LogP contribution in [-0.2, 0) is 0 Å². The monoisotopic (exact) mass is 545 g/mol. The van der Waals surface area contributed by atoms with Crippen molar-refractivity contribution >= 4 is 17.6 Å². The number of ether oxygens (including phenoxy) is 1. The smallest absolute Gasteiger partial charge is 0.337 e. The summed E-state index contributed by atoms with van der Waals surface area (Å²) < 4.78 is 5.83. The Kier molecular flexibility index (Phi) is 8.10. The standard InChI is InChI=1S/C32H48ClNO4/c1-5-20-15-23-25-9-8-24(19(2)7-6-14-38-29-28(33)16-21(18-34-29)30(36)37)31(25,3)13-11-26(23)32(4)12-10-22(35)17-27(20)32/h16,18-20,22-27,35H,5-15,17H2,1-4H3,(H,36,37)/t19-,20+,22-,23+,24-,25?,26+,27+,31-,32-/m1/s1. The lowest BCUT2D eigenvalue weighted by molar-refractivity contribution is -0.152. The van der Waals surface area contributed by atoms with Crippen LogP contribution in [-0.4, -0.2) is 33.9 Å². The molecule has 0 aromatic carbocycles. The van der Waals surface area contributed by atoms with Crippen LogP contribution in [0.1, 0.15) is 109 Å². The molecule has 5 rings (SSSR count). The van der Waals surface area contributed by atoms with Gasteiger partial charge in [-0.25, -0.2) is 9.78 Å². The van der Waals surface area contributed by atoms with E-state index in [1.54, 1.807) is 0 Å². The van der Waals surface area contributed by atoms with Gasteiger partial charge in [-0.1, -0.05) is 45.7 Å². The number of hydrogen-bond donors (Lipinski definition) is 2. The van der Waals surface area contributed by atoms with Crippen molar-refractivity contribution in [3.63, 3.8) is 0 Å². The second-order valence-electron chi connectivity index (χ2n) is 13.8. The Morgan fingerprint density at radius 2 is 1.87 bits per heavy atom. The second kappa shape index (κ2) is 10.9. The predicted octanol–water partition coefficient (Wildman–Crippen LogP) is 7.88. The minimum absolute atomic E-state index is 0.0727. The predicted molar refractivity (Wildman–Crippen MR) is 150 cm³/mol. The first kappa shape index (κ1) is 28.2. The first-order valence-corrected chi connectivity index (χ1v) is 15.7. The molecule has 1 unspecified atom stereocenters. The Bertz CT molecular complexity index is 1020. The number of carboxylic acid groups (broad SMARTS) is 1. The lowest BCUT2D eigenvalue weighted by Crippen LogP contribution is -2.56. The highest BCUT2D eigenvalue weighted by molar-refractivity contribution is 6.32. The highest BCUT2D eigenvalue weighted by Gasteiger charge is 2.62. The number of hydrogen-bond acceptors (Lipinski definition) is 4. The maximum Gasteiger partial charge on any atom is 0.337 e. The van der Waals surface area contributed by atoms with Crippen molar-refractivity contribution in [1.82, 2.24) is 4.98 Å². The van der Waals surface area contributed by atoms with Gasteiger partial charge in [0.15, 0.2) is 0 Å². The number of aliphatic hydroxyl groups excluding tert-OH is 1. The van der Waals surface area contributed by atoms with Crippen LogP contribution in [0.25, 0.3) is 0 Å². The Labute approximate surface area is 234 Å². The summed E-state index contributed by atoms with van der Waals surface area (Å²) in [5.41, 5.74) is 0.932. The molecule has 0 radical (unpaired) electrons. The third-order valence-corrected chi connectivity index (χ3v) is 12.5.